The van der Waals surface area contributed by atoms with Crippen molar-refractivity contribution >= 4 is 24.2 Å². The molecule has 2 saturated heterocycles. The summed E-state index contributed by atoms with van der Waals surface area (Å²) in [6, 6.07) is 8.02. The van der Waals surface area contributed by atoms with Crippen molar-refractivity contribution in [2.24, 2.45) is 5.92 Å². The van der Waals surface area contributed by atoms with Gasteiger partial charge in [-0.1, -0.05) is 17.7 Å². The molecule has 2 aliphatic rings. The van der Waals surface area contributed by atoms with E-state index in [2.05, 4.69) is 12.2 Å². The van der Waals surface area contributed by atoms with E-state index in [-0.39, 0.29) is 30.1 Å². The summed E-state index contributed by atoms with van der Waals surface area (Å²) in [6.07, 6.45) is 1.78. The van der Waals surface area contributed by atoms with Crippen LogP contribution in [0.25, 0.3) is 0 Å². The van der Waals surface area contributed by atoms with Gasteiger partial charge >= 0.3 is 0 Å². The normalized spacial score (nSPS) is 23.8. The summed E-state index contributed by atoms with van der Waals surface area (Å²) in [5, 5.41) is 3.36. The molecule has 138 valence electrons. The topological polar surface area (TPSA) is 52.7 Å². The lowest BCUT2D eigenvalue weighted by molar-refractivity contribution is -0.138. The number of carbonyl (C=O) groups is 2. The van der Waals surface area contributed by atoms with Crippen molar-refractivity contribution < 1.29 is 9.59 Å². The molecule has 5 nitrogen and oxygen atoms in total. The number of amides is 2. The fourth-order valence-electron chi connectivity index (χ4n) is 3.63. The van der Waals surface area contributed by atoms with Crippen LogP contribution in [0.1, 0.15) is 35.7 Å². The van der Waals surface area contributed by atoms with Crippen LogP contribution in [0.4, 0.5) is 0 Å². The van der Waals surface area contributed by atoms with E-state index >= 15 is 0 Å². The van der Waals surface area contributed by atoms with E-state index in [1.54, 1.807) is 0 Å². The van der Waals surface area contributed by atoms with E-state index < -0.39 is 0 Å². The Kier molecular flexibility index (Phi) is 6.85. The lowest BCUT2D eigenvalue weighted by atomic mass is 9.95. The maximum atomic E-state index is 12.8. The van der Waals surface area contributed by atoms with Gasteiger partial charge in [-0.15, -0.1) is 12.4 Å². The number of nitrogens with zero attached hydrogens (tertiary/aromatic N) is 2. The van der Waals surface area contributed by atoms with Crippen molar-refractivity contribution in [2.75, 3.05) is 32.7 Å². The molecule has 1 N–H and O–H groups in total. The van der Waals surface area contributed by atoms with E-state index in [0.29, 0.717) is 18.2 Å². The minimum absolute atomic E-state index is 0. The quantitative estimate of drug-likeness (QED) is 0.873. The van der Waals surface area contributed by atoms with E-state index in [1.165, 1.54) is 0 Å². The highest BCUT2D eigenvalue weighted by molar-refractivity contribution is 5.94. The molecule has 0 bridgehead atoms. The number of halogens is 1. The standard InChI is InChI=1S/C19H27N3O2.ClH/c1-14-5-7-16(8-6-14)18(23)21-10-3-4-17(13-21)19(24)22-11-9-20-15(2)12-22;/h5-8,15,17,20H,3-4,9-13H2,1-2H3;1H. The molecular weight excluding hydrogens is 338 g/mol. The number of hydrogen-bond acceptors (Lipinski definition) is 3. The van der Waals surface area contributed by atoms with Gasteiger partial charge in [0.05, 0.1) is 5.92 Å². The van der Waals surface area contributed by atoms with Crippen molar-refractivity contribution in [3.05, 3.63) is 35.4 Å². The van der Waals surface area contributed by atoms with Crippen LogP contribution in [0.5, 0.6) is 0 Å². The largest absolute Gasteiger partial charge is 0.340 e. The zero-order valence-electron chi connectivity index (χ0n) is 15.0. The highest BCUT2D eigenvalue weighted by Gasteiger charge is 2.32. The van der Waals surface area contributed by atoms with Gasteiger partial charge in [-0.25, -0.2) is 0 Å². The molecule has 2 heterocycles. The van der Waals surface area contributed by atoms with E-state index in [9.17, 15) is 9.59 Å². The number of nitrogens with one attached hydrogen (secondary N) is 1. The maximum Gasteiger partial charge on any atom is 0.253 e. The van der Waals surface area contributed by atoms with Crippen molar-refractivity contribution in [1.29, 1.82) is 0 Å². The first-order chi connectivity index (χ1) is 11.5. The summed E-state index contributed by atoms with van der Waals surface area (Å²) >= 11 is 0. The van der Waals surface area contributed by atoms with Gasteiger partial charge in [-0.3, -0.25) is 9.59 Å². The molecule has 2 fully saturated rings. The SMILES string of the molecule is Cc1ccc(C(=O)N2CCCC(C(=O)N3CCNC(C)C3)C2)cc1.Cl. The summed E-state index contributed by atoms with van der Waals surface area (Å²) in [6.45, 7) is 7.79. The van der Waals surface area contributed by atoms with Crippen molar-refractivity contribution in [1.82, 2.24) is 15.1 Å². The predicted molar refractivity (Wildman–Crippen MR) is 101 cm³/mol. The Bertz CT molecular complexity index is 605. The smallest absolute Gasteiger partial charge is 0.253 e. The lowest BCUT2D eigenvalue weighted by Gasteiger charge is -2.38. The third-order valence-corrected chi connectivity index (χ3v) is 5.04. The van der Waals surface area contributed by atoms with Crippen molar-refractivity contribution in [2.45, 2.75) is 32.7 Å². The second-order valence-corrected chi connectivity index (χ2v) is 7.10. The summed E-state index contributed by atoms with van der Waals surface area (Å²) in [5.41, 5.74) is 1.86. The Balaban J connectivity index is 0.00000225. The van der Waals surface area contributed by atoms with Gasteiger partial charge in [0.1, 0.15) is 0 Å². The summed E-state index contributed by atoms with van der Waals surface area (Å²) in [5.74, 6) is 0.199. The molecular formula is C19H28ClN3O2. The average molecular weight is 366 g/mol. The monoisotopic (exact) mass is 365 g/mol. The molecule has 2 atom stereocenters. The number of benzene rings is 1. The molecule has 25 heavy (non-hydrogen) atoms. The number of likely N-dealkylation sites (tertiary alicyclic amines) is 1. The van der Waals surface area contributed by atoms with Gasteiger partial charge in [0, 0.05) is 44.3 Å². The zero-order chi connectivity index (χ0) is 17.1. The summed E-state index contributed by atoms with van der Waals surface area (Å²) < 4.78 is 0. The lowest BCUT2D eigenvalue weighted by Crippen LogP contribution is -2.54. The van der Waals surface area contributed by atoms with Crippen LogP contribution >= 0.6 is 12.4 Å². The molecule has 1 aromatic carbocycles. The molecule has 2 amide bonds. The predicted octanol–water partition coefficient (Wildman–Crippen LogP) is 2.09. The zero-order valence-corrected chi connectivity index (χ0v) is 15.8. The van der Waals surface area contributed by atoms with Crippen molar-refractivity contribution in [3.63, 3.8) is 0 Å². The fraction of sp³-hybridized carbons (Fsp3) is 0.579. The molecule has 2 aliphatic heterocycles. The molecule has 2 unspecified atom stereocenters. The van der Waals surface area contributed by atoms with Crippen LogP contribution in [0.3, 0.4) is 0 Å². The summed E-state index contributed by atoms with van der Waals surface area (Å²) in [7, 11) is 0. The Morgan fingerprint density at radius 3 is 2.48 bits per heavy atom. The second-order valence-electron chi connectivity index (χ2n) is 7.10. The molecule has 0 aliphatic carbocycles. The van der Waals surface area contributed by atoms with Crippen LogP contribution in [0.2, 0.25) is 0 Å². The first kappa shape index (κ1) is 19.7. The Morgan fingerprint density at radius 1 is 1.08 bits per heavy atom. The van der Waals surface area contributed by atoms with Crippen molar-refractivity contribution in [3.8, 4) is 0 Å². The molecule has 1 aromatic rings. The first-order valence-electron chi connectivity index (χ1n) is 8.92. The van der Waals surface area contributed by atoms with Crippen LogP contribution in [-0.2, 0) is 4.79 Å². The number of piperazine rings is 1. The number of carbonyl (C=O) groups excluding carboxylic acids is 2. The van der Waals surface area contributed by atoms with Gasteiger partial charge in [0.15, 0.2) is 0 Å². The molecule has 0 aromatic heterocycles. The number of rotatable bonds is 2. The molecule has 0 saturated carbocycles. The summed E-state index contributed by atoms with van der Waals surface area (Å²) in [4.78, 5) is 29.3. The average Bonchev–Trinajstić information content (AvgIpc) is 2.61. The van der Waals surface area contributed by atoms with Gasteiger partial charge in [0.2, 0.25) is 5.91 Å². The van der Waals surface area contributed by atoms with E-state index in [1.807, 2.05) is 41.0 Å². The fourth-order valence-corrected chi connectivity index (χ4v) is 3.63. The second kappa shape index (κ2) is 8.68. The Morgan fingerprint density at radius 2 is 1.80 bits per heavy atom. The molecule has 0 radical (unpaired) electrons. The van der Waals surface area contributed by atoms with Crippen LogP contribution in [0, 0.1) is 12.8 Å². The number of piperidine rings is 1. The molecule has 0 spiro atoms. The third-order valence-electron chi connectivity index (χ3n) is 5.04. The minimum Gasteiger partial charge on any atom is -0.340 e. The van der Waals surface area contributed by atoms with Gasteiger partial charge in [0.25, 0.3) is 5.91 Å². The highest BCUT2D eigenvalue weighted by atomic mass is 35.5. The first-order valence-corrected chi connectivity index (χ1v) is 8.92. The van der Waals surface area contributed by atoms with Gasteiger partial charge < -0.3 is 15.1 Å². The van der Waals surface area contributed by atoms with Crippen LogP contribution in [0.15, 0.2) is 24.3 Å². The number of aryl methyl sites for hydroxylation is 1. The van der Waals surface area contributed by atoms with E-state index in [4.69, 9.17) is 0 Å². The molecule has 3 rings (SSSR count). The Labute approximate surface area is 156 Å². The third kappa shape index (κ3) is 4.73. The van der Waals surface area contributed by atoms with Crippen LogP contribution < -0.4 is 5.32 Å². The number of hydrogen-bond donors (Lipinski definition) is 1. The molecule has 6 heteroatoms. The highest BCUT2D eigenvalue weighted by Crippen LogP contribution is 2.21. The van der Waals surface area contributed by atoms with Gasteiger partial charge in [-0.2, -0.15) is 0 Å². The minimum atomic E-state index is -0.0570. The Hall–Kier alpha value is -1.59. The van der Waals surface area contributed by atoms with Crippen LogP contribution in [-0.4, -0.2) is 60.4 Å². The van der Waals surface area contributed by atoms with Gasteiger partial charge in [-0.05, 0) is 38.8 Å². The maximum absolute atomic E-state index is 12.8. The van der Waals surface area contributed by atoms with E-state index in [0.717, 1.165) is 44.6 Å².